The maximum atomic E-state index is 11.0. The van der Waals surface area contributed by atoms with Gasteiger partial charge < -0.3 is 5.11 Å². The molecule has 0 heterocycles. The van der Waals surface area contributed by atoms with Crippen molar-refractivity contribution in [1.29, 1.82) is 0 Å². The van der Waals surface area contributed by atoms with E-state index in [1.54, 1.807) is 0 Å². The lowest BCUT2D eigenvalue weighted by Gasteiger charge is -2.20. The molecule has 0 saturated heterocycles. The number of carboxylic acid groups (broad SMARTS) is 1. The first kappa shape index (κ1) is 13.5. The molecule has 4 heteroatoms. The Bertz CT molecular complexity index is 261. The minimum Gasteiger partial charge on any atom is -0.481 e. The summed E-state index contributed by atoms with van der Waals surface area (Å²) in [7, 11) is 0. The van der Waals surface area contributed by atoms with Crippen molar-refractivity contribution in [2.75, 3.05) is 0 Å². The van der Waals surface area contributed by atoms with E-state index in [0.717, 1.165) is 19.3 Å². The molecule has 0 aromatic rings. The second kappa shape index (κ2) is 4.36. The summed E-state index contributed by atoms with van der Waals surface area (Å²) < 4.78 is -0.0825. The van der Waals surface area contributed by atoms with E-state index in [1.165, 1.54) is 0 Å². The molecule has 0 aromatic heterocycles. The zero-order chi connectivity index (χ0) is 11.9. The molecule has 1 rings (SSSR count). The van der Waals surface area contributed by atoms with Crippen LogP contribution in [0.3, 0.4) is 0 Å². The Kier molecular flexibility index (Phi) is 3.92. The second-order valence-corrected chi connectivity index (χ2v) is 9.15. The number of alkyl halides is 2. The molecule has 0 amide bonds. The standard InChI is InChI=1S/C11H18Br2O2/c1-4-5-11(12,13)6-7-8(9(14)15)10(7,2)3/h7-8H,4-6H2,1-3H3,(H,14,15)/t7-,8+/m1/s1. The Morgan fingerprint density at radius 3 is 2.33 bits per heavy atom. The third-order valence-electron chi connectivity index (χ3n) is 3.45. The highest BCUT2D eigenvalue weighted by atomic mass is 79.9. The summed E-state index contributed by atoms with van der Waals surface area (Å²) in [6, 6.07) is 0. The van der Waals surface area contributed by atoms with Crippen LogP contribution in [0.4, 0.5) is 0 Å². The smallest absolute Gasteiger partial charge is 0.307 e. The highest BCUT2D eigenvalue weighted by molar-refractivity contribution is 9.25. The molecule has 0 unspecified atom stereocenters. The van der Waals surface area contributed by atoms with Crippen molar-refractivity contribution in [1.82, 2.24) is 0 Å². The average molecular weight is 342 g/mol. The first-order chi connectivity index (χ1) is 6.72. The van der Waals surface area contributed by atoms with Gasteiger partial charge >= 0.3 is 5.97 Å². The number of rotatable bonds is 5. The molecular formula is C11H18Br2O2. The molecule has 0 aliphatic heterocycles. The number of carbonyl (C=O) groups is 1. The van der Waals surface area contributed by atoms with Gasteiger partial charge in [-0.2, -0.15) is 0 Å². The second-order valence-electron chi connectivity index (χ2n) is 5.05. The Balaban J connectivity index is 2.58. The van der Waals surface area contributed by atoms with Crippen LogP contribution < -0.4 is 0 Å². The van der Waals surface area contributed by atoms with E-state index in [1.807, 2.05) is 13.8 Å². The van der Waals surface area contributed by atoms with Crippen molar-refractivity contribution in [3.05, 3.63) is 0 Å². The predicted octanol–water partition coefficient (Wildman–Crippen LogP) is 4.02. The van der Waals surface area contributed by atoms with Crippen LogP contribution in [-0.2, 0) is 4.79 Å². The van der Waals surface area contributed by atoms with E-state index >= 15 is 0 Å². The normalized spacial score (nSPS) is 28.9. The van der Waals surface area contributed by atoms with Crippen LogP contribution in [0.15, 0.2) is 0 Å². The van der Waals surface area contributed by atoms with Gasteiger partial charge in [0.25, 0.3) is 0 Å². The van der Waals surface area contributed by atoms with Gasteiger partial charge in [-0.3, -0.25) is 4.79 Å². The lowest BCUT2D eigenvalue weighted by molar-refractivity contribution is -0.139. The first-order valence-corrected chi connectivity index (χ1v) is 6.91. The molecule has 15 heavy (non-hydrogen) atoms. The first-order valence-electron chi connectivity index (χ1n) is 5.33. The van der Waals surface area contributed by atoms with Gasteiger partial charge in [0, 0.05) is 0 Å². The summed E-state index contributed by atoms with van der Waals surface area (Å²) in [4.78, 5) is 11.0. The molecule has 1 aliphatic carbocycles. The fourth-order valence-electron chi connectivity index (χ4n) is 2.40. The molecule has 88 valence electrons. The average Bonchev–Trinajstić information content (AvgIpc) is 2.50. The van der Waals surface area contributed by atoms with Crippen LogP contribution in [0.2, 0.25) is 0 Å². The van der Waals surface area contributed by atoms with Crippen molar-refractivity contribution < 1.29 is 9.90 Å². The van der Waals surface area contributed by atoms with Crippen molar-refractivity contribution in [2.45, 2.75) is 43.3 Å². The Morgan fingerprint density at radius 2 is 2.00 bits per heavy atom. The van der Waals surface area contributed by atoms with Crippen LogP contribution in [-0.4, -0.2) is 14.3 Å². The van der Waals surface area contributed by atoms with Crippen LogP contribution in [0.5, 0.6) is 0 Å². The molecule has 2 nitrogen and oxygen atoms in total. The molecule has 0 aromatic carbocycles. The summed E-state index contributed by atoms with van der Waals surface area (Å²) >= 11 is 7.27. The van der Waals surface area contributed by atoms with Gasteiger partial charge in [0.05, 0.1) is 9.15 Å². The monoisotopic (exact) mass is 340 g/mol. The van der Waals surface area contributed by atoms with E-state index in [4.69, 9.17) is 5.11 Å². The number of carboxylic acids is 1. The van der Waals surface area contributed by atoms with E-state index in [2.05, 4.69) is 38.8 Å². The third kappa shape index (κ3) is 2.96. The number of hydrogen-bond acceptors (Lipinski definition) is 1. The Labute approximate surface area is 108 Å². The predicted molar refractivity (Wildman–Crippen MR) is 68.5 cm³/mol. The lowest BCUT2D eigenvalue weighted by atomic mass is 10.0. The minimum atomic E-state index is -0.655. The van der Waals surface area contributed by atoms with E-state index in [-0.39, 0.29) is 20.5 Å². The quantitative estimate of drug-likeness (QED) is 0.767. The van der Waals surface area contributed by atoms with Crippen LogP contribution in [0.25, 0.3) is 0 Å². The SMILES string of the molecule is CCCC(Br)(Br)C[C@@H]1[C@@H](C(=O)O)C1(C)C. The van der Waals surface area contributed by atoms with E-state index in [9.17, 15) is 4.79 Å². The fraction of sp³-hybridized carbons (Fsp3) is 0.909. The molecule has 1 fully saturated rings. The molecular weight excluding hydrogens is 324 g/mol. The van der Waals surface area contributed by atoms with Gasteiger partial charge in [-0.25, -0.2) is 0 Å². The number of hydrogen-bond donors (Lipinski definition) is 1. The molecule has 2 atom stereocenters. The Morgan fingerprint density at radius 1 is 1.47 bits per heavy atom. The van der Waals surface area contributed by atoms with Gasteiger partial charge in [-0.05, 0) is 24.2 Å². The molecule has 1 aliphatic rings. The maximum absolute atomic E-state index is 11.0. The maximum Gasteiger partial charge on any atom is 0.307 e. The lowest BCUT2D eigenvalue weighted by Crippen LogP contribution is -2.13. The fourth-order valence-corrected chi connectivity index (χ4v) is 3.90. The summed E-state index contributed by atoms with van der Waals surface area (Å²) in [5, 5.41) is 9.06. The molecule has 1 saturated carbocycles. The zero-order valence-corrected chi connectivity index (χ0v) is 12.6. The Hall–Kier alpha value is 0.430. The van der Waals surface area contributed by atoms with Gasteiger partial charge in [0.2, 0.25) is 0 Å². The molecule has 0 radical (unpaired) electrons. The van der Waals surface area contributed by atoms with Crippen LogP contribution in [0.1, 0.15) is 40.0 Å². The highest BCUT2D eigenvalue weighted by Crippen LogP contribution is 2.63. The van der Waals surface area contributed by atoms with E-state index < -0.39 is 5.97 Å². The molecule has 0 spiro atoms. The largest absolute Gasteiger partial charge is 0.481 e. The van der Waals surface area contributed by atoms with Crippen LogP contribution in [0, 0.1) is 17.3 Å². The van der Waals surface area contributed by atoms with Crippen molar-refractivity contribution in [3.8, 4) is 0 Å². The summed E-state index contributed by atoms with van der Waals surface area (Å²) in [5.41, 5.74) is -0.0492. The van der Waals surface area contributed by atoms with Gasteiger partial charge in [0.15, 0.2) is 0 Å². The van der Waals surface area contributed by atoms with Crippen molar-refractivity contribution in [2.24, 2.45) is 17.3 Å². The summed E-state index contributed by atoms with van der Waals surface area (Å²) in [5.74, 6) is -0.554. The van der Waals surface area contributed by atoms with E-state index in [0.29, 0.717) is 0 Å². The van der Waals surface area contributed by atoms with Gasteiger partial charge in [-0.1, -0.05) is 59.1 Å². The number of aliphatic carboxylic acids is 1. The topological polar surface area (TPSA) is 37.3 Å². The number of halogens is 2. The molecule has 0 bridgehead atoms. The summed E-state index contributed by atoms with van der Waals surface area (Å²) in [6.45, 7) is 6.21. The third-order valence-corrected chi connectivity index (χ3v) is 4.89. The molecule has 1 N–H and O–H groups in total. The van der Waals surface area contributed by atoms with Crippen molar-refractivity contribution in [3.63, 3.8) is 0 Å². The van der Waals surface area contributed by atoms with Gasteiger partial charge in [-0.15, -0.1) is 0 Å². The summed E-state index contributed by atoms with van der Waals surface area (Å²) in [6.07, 6.45) is 2.98. The van der Waals surface area contributed by atoms with Crippen molar-refractivity contribution >= 4 is 37.8 Å². The minimum absolute atomic E-state index is 0.0492. The van der Waals surface area contributed by atoms with Crippen LogP contribution >= 0.6 is 31.9 Å². The van der Waals surface area contributed by atoms with Gasteiger partial charge in [0.1, 0.15) is 0 Å². The zero-order valence-electron chi connectivity index (χ0n) is 9.39. The highest BCUT2D eigenvalue weighted by Gasteiger charge is 2.63.